The third-order valence-electron chi connectivity index (χ3n) is 2.71. The van der Waals surface area contributed by atoms with Gasteiger partial charge in [0.25, 0.3) is 0 Å². The molecule has 82 valence electrons. The molecule has 0 saturated heterocycles. The van der Waals surface area contributed by atoms with Gasteiger partial charge in [-0.25, -0.2) is 4.39 Å². The highest BCUT2D eigenvalue weighted by Crippen LogP contribution is 2.09. The average molecular weight is 214 g/mol. The van der Waals surface area contributed by atoms with E-state index in [0.717, 1.165) is 18.4 Å². The van der Waals surface area contributed by atoms with Crippen molar-refractivity contribution in [1.82, 2.24) is 0 Å². The van der Waals surface area contributed by atoms with Crippen molar-refractivity contribution in [3.05, 3.63) is 71.0 Å². The van der Waals surface area contributed by atoms with Crippen molar-refractivity contribution in [3.8, 4) is 0 Å². The second-order valence-corrected chi connectivity index (χ2v) is 4.12. The van der Waals surface area contributed by atoms with E-state index in [4.69, 9.17) is 0 Å². The van der Waals surface area contributed by atoms with Gasteiger partial charge in [-0.3, -0.25) is 0 Å². The van der Waals surface area contributed by atoms with E-state index >= 15 is 0 Å². The highest BCUT2D eigenvalue weighted by molar-refractivity contribution is 5.23. The third-order valence-corrected chi connectivity index (χ3v) is 2.71. The Hall–Kier alpha value is -1.63. The Morgan fingerprint density at radius 2 is 1.56 bits per heavy atom. The molecule has 0 spiro atoms. The molecule has 0 radical (unpaired) electrons. The molecule has 0 saturated carbocycles. The van der Waals surface area contributed by atoms with Gasteiger partial charge in [-0.15, -0.1) is 0 Å². The van der Waals surface area contributed by atoms with E-state index < -0.39 is 0 Å². The van der Waals surface area contributed by atoms with Gasteiger partial charge in [-0.2, -0.15) is 0 Å². The maximum Gasteiger partial charge on any atom is 0.123 e. The lowest BCUT2D eigenvalue weighted by molar-refractivity contribution is 0.625. The molecule has 0 N–H and O–H groups in total. The molecule has 0 aliphatic heterocycles. The fourth-order valence-corrected chi connectivity index (χ4v) is 1.74. The van der Waals surface area contributed by atoms with Crippen molar-refractivity contribution >= 4 is 0 Å². The summed E-state index contributed by atoms with van der Waals surface area (Å²) in [5, 5.41) is 0. The molecule has 1 heteroatoms. The van der Waals surface area contributed by atoms with Gasteiger partial charge in [0.1, 0.15) is 5.82 Å². The Balaban J connectivity index is 1.99. The molecular formula is C15H15F. The zero-order valence-corrected chi connectivity index (χ0v) is 9.41. The standard InChI is InChI=1S/C15H15F/c1-12-5-7-13(8-6-12)9-10-14-3-2-4-15(16)11-14/h2-8,11H,9-10H2,1H3. The molecule has 16 heavy (non-hydrogen) atoms. The molecule has 0 heterocycles. The van der Waals surface area contributed by atoms with Crippen LogP contribution in [0.5, 0.6) is 0 Å². The van der Waals surface area contributed by atoms with Crippen LogP contribution in [0.1, 0.15) is 16.7 Å². The summed E-state index contributed by atoms with van der Waals surface area (Å²) in [6.45, 7) is 2.08. The Kier molecular flexibility index (Phi) is 3.35. The number of benzene rings is 2. The van der Waals surface area contributed by atoms with E-state index in [0.29, 0.717) is 0 Å². The van der Waals surface area contributed by atoms with Crippen molar-refractivity contribution in [2.24, 2.45) is 0 Å². The molecule has 0 unspecified atom stereocenters. The number of hydrogen-bond donors (Lipinski definition) is 0. The Morgan fingerprint density at radius 1 is 0.875 bits per heavy atom. The van der Waals surface area contributed by atoms with Gasteiger partial charge in [0.05, 0.1) is 0 Å². The molecule has 0 atom stereocenters. The van der Waals surface area contributed by atoms with Crippen LogP contribution in [-0.4, -0.2) is 0 Å². The van der Waals surface area contributed by atoms with E-state index in [2.05, 4.69) is 31.2 Å². The SMILES string of the molecule is Cc1ccc(CCc2cccc(F)c2)cc1. The van der Waals surface area contributed by atoms with E-state index in [-0.39, 0.29) is 5.82 Å². The van der Waals surface area contributed by atoms with Crippen LogP contribution >= 0.6 is 0 Å². The van der Waals surface area contributed by atoms with E-state index in [1.54, 1.807) is 12.1 Å². The second kappa shape index (κ2) is 4.93. The fourth-order valence-electron chi connectivity index (χ4n) is 1.74. The predicted octanol–water partition coefficient (Wildman–Crippen LogP) is 3.92. The summed E-state index contributed by atoms with van der Waals surface area (Å²) < 4.78 is 12.9. The first kappa shape index (κ1) is 10.9. The van der Waals surface area contributed by atoms with Gasteiger partial charge in [0, 0.05) is 0 Å². The molecule has 0 bridgehead atoms. The molecule has 0 aromatic heterocycles. The van der Waals surface area contributed by atoms with Crippen LogP contribution in [0.25, 0.3) is 0 Å². The first-order valence-electron chi connectivity index (χ1n) is 5.54. The summed E-state index contributed by atoms with van der Waals surface area (Å²) in [5.74, 6) is -0.151. The summed E-state index contributed by atoms with van der Waals surface area (Å²) >= 11 is 0. The number of aryl methyl sites for hydroxylation is 3. The molecule has 0 aliphatic carbocycles. The van der Waals surface area contributed by atoms with Crippen LogP contribution in [-0.2, 0) is 12.8 Å². The fraction of sp³-hybridized carbons (Fsp3) is 0.200. The minimum absolute atomic E-state index is 0.151. The van der Waals surface area contributed by atoms with Crippen LogP contribution < -0.4 is 0 Å². The van der Waals surface area contributed by atoms with Gasteiger partial charge >= 0.3 is 0 Å². The van der Waals surface area contributed by atoms with Crippen LogP contribution in [0.3, 0.4) is 0 Å². The smallest absolute Gasteiger partial charge is 0.123 e. The van der Waals surface area contributed by atoms with Crippen LogP contribution in [0, 0.1) is 12.7 Å². The number of rotatable bonds is 3. The molecule has 2 aromatic carbocycles. The lowest BCUT2D eigenvalue weighted by atomic mass is 10.0. The zero-order valence-electron chi connectivity index (χ0n) is 9.41. The van der Waals surface area contributed by atoms with Gasteiger partial charge in [0.2, 0.25) is 0 Å². The number of hydrogen-bond acceptors (Lipinski definition) is 0. The van der Waals surface area contributed by atoms with E-state index in [1.165, 1.54) is 17.2 Å². The summed E-state index contributed by atoms with van der Waals surface area (Å²) in [5.41, 5.74) is 3.63. The summed E-state index contributed by atoms with van der Waals surface area (Å²) in [6.07, 6.45) is 1.85. The average Bonchev–Trinajstić information content (AvgIpc) is 2.28. The van der Waals surface area contributed by atoms with E-state index in [1.807, 2.05) is 6.07 Å². The van der Waals surface area contributed by atoms with E-state index in [9.17, 15) is 4.39 Å². The van der Waals surface area contributed by atoms with Crippen molar-refractivity contribution in [2.45, 2.75) is 19.8 Å². The molecule has 0 aliphatic rings. The maximum absolute atomic E-state index is 12.9. The maximum atomic E-state index is 12.9. The van der Waals surface area contributed by atoms with Crippen molar-refractivity contribution in [3.63, 3.8) is 0 Å². The third kappa shape index (κ3) is 2.93. The minimum atomic E-state index is -0.151. The summed E-state index contributed by atoms with van der Waals surface area (Å²) in [4.78, 5) is 0. The van der Waals surface area contributed by atoms with Gasteiger partial charge < -0.3 is 0 Å². The van der Waals surface area contributed by atoms with Crippen molar-refractivity contribution in [2.75, 3.05) is 0 Å². The van der Waals surface area contributed by atoms with Crippen molar-refractivity contribution < 1.29 is 4.39 Å². The molecule has 0 amide bonds. The molecular weight excluding hydrogens is 199 g/mol. The summed E-state index contributed by atoms with van der Waals surface area (Å²) in [6, 6.07) is 15.3. The highest BCUT2D eigenvalue weighted by Gasteiger charge is 1.97. The topological polar surface area (TPSA) is 0 Å². The van der Waals surface area contributed by atoms with Gasteiger partial charge in [-0.05, 0) is 43.0 Å². The molecule has 2 aromatic rings. The van der Waals surface area contributed by atoms with Crippen LogP contribution in [0.15, 0.2) is 48.5 Å². The van der Waals surface area contributed by atoms with Crippen LogP contribution in [0.4, 0.5) is 4.39 Å². The Labute approximate surface area is 95.7 Å². The lowest BCUT2D eigenvalue weighted by Crippen LogP contribution is -1.91. The first-order valence-corrected chi connectivity index (χ1v) is 5.54. The van der Waals surface area contributed by atoms with Crippen LogP contribution in [0.2, 0.25) is 0 Å². The quantitative estimate of drug-likeness (QED) is 0.726. The van der Waals surface area contributed by atoms with Crippen molar-refractivity contribution in [1.29, 1.82) is 0 Å². The predicted molar refractivity (Wildman–Crippen MR) is 65.0 cm³/mol. The second-order valence-electron chi connectivity index (χ2n) is 4.12. The molecule has 2 rings (SSSR count). The molecule has 0 fully saturated rings. The normalized spacial score (nSPS) is 10.4. The minimum Gasteiger partial charge on any atom is -0.207 e. The van der Waals surface area contributed by atoms with Gasteiger partial charge in [0.15, 0.2) is 0 Å². The van der Waals surface area contributed by atoms with Gasteiger partial charge in [-0.1, -0.05) is 42.0 Å². The lowest BCUT2D eigenvalue weighted by Gasteiger charge is -2.02. The summed E-state index contributed by atoms with van der Waals surface area (Å²) in [7, 11) is 0. The largest absolute Gasteiger partial charge is 0.207 e. The first-order chi connectivity index (χ1) is 7.74. The Bertz CT molecular complexity index is 457. The number of halogens is 1. The highest BCUT2D eigenvalue weighted by atomic mass is 19.1. The monoisotopic (exact) mass is 214 g/mol. The Morgan fingerprint density at radius 3 is 2.25 bits per heavy atom. The molecule has 0 nitrogen and oxygen atoms in total. The zero-order chi connectivity index (χ0) is 11.4.